The summed E-state index contributed by atoms with van der Waals surface area (Å²) in [6, 6.07) is 7.32. The van der Waals surface area contributed by atoms with Gasteiger partial charge in [0.25, 0.3) is 0 Å². The van der Waals surface area contributed by atoms with Crippen LogP contribution in [0, 0.1) is 0 Å². The molecule has 1 rings (SSSR count). The molecule has 3 nitrogen and oxygen atoms in total. The lowest BCUT2D eigenvalue weighted by atomic mass is 9.94. The number of nitrogens with one attached hydrogen (secondary N) is 1. The highest BCUT2D eigenvalue weighted by Crippen LogP contribution is 2.17. The van der Waals surface area contributed by atoms with Gasteiger partial charge < -0.3 is 10.4 Å². The van der Waals surface area contributed by atoms with E-state index in [1.807, 2.05) is 32.0 Å². The van der Waals surface area contributed by atoms with Gasteiger partial charge in [-0.1, -0.05) is 36.7 Å². The number of hydrogen-bond acceptors (Lipinski definition) is 2. The molecule has 0 saturated carbocycles. The molecule has 0 radical (unpaired) electrons. The summed E-state index contributed by atoms with van der Waals surface area (Å²) in [5.74, 6) is -0.0686. The van der Waals surface area contributed by atoms with Crippen LogP contribution in [0.1, 0.15) is 32.3 Å². The summed E-state index contributed by atoms with van der Waals surface area (Å²) in [6.45, 7) is 4.00. The van der Waals surface area contributed by atoms with Crippen LogP contribution in [0.4, 0.5) is 0 Å². The lowest BCUT2D eigenvalue weighted by Gasteiger charge is -2.29. The maximum absolute atomic E-state index is 12.0. The third-order valence-electron chi connectivity index (χ3n) is 3.19. The van der Waals surface area contributed by atoms with Crippen LogP contribution in [0.25, 0.3) is 0 Å². The maximum atomic E-state index is 12.0. The molecule has 1 aromatic rings. The molecule has 0 saturated heterocycles. The molecule has 1 atom stereocenters. The predicted octanol–water partition coefficient (Wildman–Crippen LogP) is 2.55. The van der Waals surface area contributed by atoms with Crippen molar-refractivity contribution in [3.63, 3.8) is 0 Å². The van der Waals surface area contributed by atoms with E-state index in [2.05, 4.69) is 5.32 Å². The second-order valence-corrected chi connectivity index (χ2v) is 5.11. The first-order chi connectivity index (χ1) is 8.50. The third-order valence-corrected chi connectivity index (χ3v) is 3.56. The monoisotopic (exact) mass is 269 g/mol. The molecule has 0 fully saturated rings. The average Bonchev–Trinajstić information content (AvgIpc) is 2.32. The molecule has 0 bridgehead atoms. The van der Waals surface area contributed by atoms with E-state index in [0.717, 1.165) is 12.0 Å². The van der Waals surface area contributed by atoms with E-state index in [1.54, 1.807) is 6.07 Å². The summed E-state index contributed by atoms with van der Waals surface area (Å²) in [6.07, 6.45) is 1.60. The summed E-state index contributed by atoms with van der Waals surface area (Å²) < 4.78 is 0. The molecule has 1 aromatic carbocycles. The Kier molecular flexibility index (Phi) is 5.63. The van der Waals surface area contributed by atoms with E-state index in [0.29, 0.717) is 11.4 Å². The van der Waals surface area contributed by atoms with Crippen molar-refractivity contribution in [1.29, 1.82) is 0 Å². The fraction of sp³-hybridized carbons (Fsp3) is 0.500. The summed E-state index contributed by atoms with van der Waals surface area (Å²) in [5.41, 5.74) is 0.465. The number of carbonyl (C=O) groups is 1. The first-order valence-electron chi connectivity index (χ1n) is 6.16. The normalized spacial score (nSPS) is 14.0. The van der Waals surface area contributed by atoms with Gasteiger partial charge in [-0.15, -0.1) is 0 Å². The highest BCUT2D eigenvalue weighted by Gasteiger charge is 2.23. The van der Waals surface area contributed by atoms with E-state index < -0.39 is 0 Å². The van der Waals surface area contributed by atoms with Crippen LogP contribution in [0.2, 0.25) is 5.02 Å². The zero-order chi connectivity index (χ0) is 13.6. The van der Waals surface area contributed by atoms with Crippen LogP contribution in [-0.2, 0) is 11.2 Å². The Morgan fingerprint density at radius 2 is 2.11 bits per heavy atom. The maximum Gasteiger partial charge on any atom is 0.224 e. The van der Waals surface area contributed by atoms with Crippen molar-refractivity contribution in [3.05, 3.63) is 34.9 Å². The van der Waals surface area contributed by atoms with Crippen LogP contribution in [0.3, 0.4) is 0 Å². The Balaban J connectivity index is 2.64. The lowest BCUT2D eigenvalue weighted by molar-refractivity contribution is -0.122. The summed E-state index contributed by atoms with van der Waals surface area (Å²) in [4.78, 5) is 12.0. The summed E-state index contributed by atoms with van der Waals surface area (Å²) in [5, 5.41) is 12.6. The first-order valence-corrected chi connectivity index (χ1v) is 6.54. The number of hydrogen-bond donors (Lipinski definition) is 2. The van der Waals surface area contributed by atoms with Crippen molar-refractivity contribution in [3.8, 4) is 0 Å². The lowest BCUT2D eigenvalue weighted by Crippen LogP contribution is -2.46. The number of halogens is 1. The zero-order valence-corrected chi connectivity index (χ0v) is 11.6. The minimum absolute atomic E-state index is 0.0662. The van der Waals surface area contributed by atoms with Crippen molar-refractivity contribution in [2.75, 3.05) is 6.61 Å². The van der Waals surface area contributed by atoms with Gasteiger partial charge in [0, 0.05) is 17.2 Å². The van der Waals surface area contributed by atoms with Gasteiger partial charge in [0.05, 0.1) is 6.42 Å². The van der Waals surface area contributed by atoms with E-state index in [1.165, 1.54) is 0 Å². The molecule has 100 valence electrons. The molecule has 0 aliphatic heterocycles. The molecular formula is C14H20ClNO2. The van der Waals surface area contributed by atoms with Gasteiger partial charge in [-0.3, -0.25) is 4.79 Å². The minimum atomic E-state index is -0.354. The summed E-state index contributed by atoms with van der Waals surface area (Å²) >= 11 is 6.01. The van der Waals surface area contributed by atoms with Crippen LogP contribution in [0.5, 0.6) is 0 Å². The molecule has 0 aliphatic rings. The van der Waals surface area contributed by atoms with E-state index in [-0.39, 0.29) is 24.5 Å². The van der Waals surface area contributed by atoms with Crippen LogP contribution in [0.15, 0.2) is 24.3 Å². The topological polar surface area (TPSA) is 49.3 Å². The Morgan fingerprint density at radius 3 is 2.67 bits per heavy atom. The predicted molar refractivity (Wildman–Crippen MR) is 73.7 cm³/mol. The van der Waals surface area contributed by atoms with E-state index in [9.17, 15) is 4.79 Å². The molecular weight excluding hydrogens is 250 g/mol. The fourth-order valence-electron chi connectivity index (χ4n) is 1.77. The molecule has 0 heterocycles. The van der Waals surface area contributed by atoms with Crippen LogP contribution in [-0.4, -0.2) is 23.2 Å². The van der Waals surface area contributed by atoms with E-state index >= 15 is 0 Å². The molecule has 1 unspecified atom stereocenters. The molecule has 4 heteroatoms. The largest absolute Gasteiger partial charge is 0.396 e. The smallest absolute Gasteiger partial charge is 0.224 e. The second-order valence-electron chi connectivity index (χ2n) is 4.70. The van der Waals surface area contributed by atoms with Crippen molar-refractivity contribution < 1.29 is 9.90 Å². The summed E-state index contributed by atoms with van der Waals surface area (Å²) in [7, 11) is 0. The van der Waals surface area contributed by atoms with Gasteiger partial charge in [0.2, 0.25) is 5.91 Å². The van der Waals surface area contributed by atoms with Crippen LogP contribution < -0.4 is 5.32 Å². The van der Waals surface area contributed by atoms with Crippen LogP contribution >= 0.6 is 11.6 Å². The van der Waals surface area contributed by atoms with Gasteiger partial charge in [-0.05, 0) is 31.4 Å². The minimum Gasteiger partial charge on any atom is -0.396 e. The fourth-order valence-corrected chi connectivity index (χ4v) is 1.97. The average molecular weight is 270 g/mol. The highest BCUT2D eigenvalue weighted by atomic mass is 35.5. The molecule has 0 aromatic heterocycles. The molecule has 1 amide bonds. The van der Waals surface area contributed by atoms with E-state index in [4.69, 9.17) is 16.7 Å². The van der Waals surface area contributed by atoms with Gasteiger partial charge in [-0.25, -0.2) is 0 Å². The number of carbonyl (C=O) groups excluding carboxylic acids is 1. The number of benzene rings is 1. The van der Waals surface area contributed by atoms with Crippen molar-refractivity contribution in [2.24, 2.45) is 0 Å². The molecule has 2 N–H and O–H groups in total. The quantitative estimate of drug-likeness (QED) is 0.834. The molecule has 18 heavy (non-hydrogen) atoms. The van der Waals surface area contributed by atoms with Gasteiger partial charge >= 0.3 is 0 Å². The Hall–Kier alpha value is -1.06. The number of rotatable bonds is 6. The van der Waals surface area contributed by atoms with Gasteiger partial charge in [-0.2, -0.15) is 0 Å². The first kappa shape index (κ1) is 15.0. The van der Waals surface area contributed by atoms with Crippen molar-refractivity contribution >= 4 is 17.5 Å². The second kappa shape index (κ2) is 6.76. The standard InChI is InChI=1S/C14H20ClNO2/c1-3-14(2,8-9-17)16-13(18)10-11-6-4-5-7-12(11)15/h4-7,17H,3,8-10H2,1-2H3,(H,16,18). The number of aliphatic hydroxyl groups is 1. The highest BCUT2D eigenvalue weighted by molar-refractivity contribution is 6.31. The number of amides is 1. The zero-order valence-electron chi connectivity index (χ0n) is 10.9. The Labute approximate surface area is 113 Å². The van der Waals surface area contributed by atoms with Crippen molar-refractivity contribution in [2.45, 2.75) is 38.6 Å². The third kappa shape index (κ3) is 4.31. The molecule has 0 spiro atoms. The van der Waals surface area contributed by atoms with Crippen molar-refractivity contribution in [1.82, 2.24) is 5.32 Å². The Morgan fingerprint density at radius 1 is 1.44 bits per heavy atom. The Bertz CT molecular complexity index is 409. The molecule has 0 aliphatic carbocycles. The van der Waals surface area contributed by atoms with Gasteiger partial charge in [0.15, 0.2) is 0 Å². The van der Waals surface area contributed by atoms with Gasteiger partial charge in [0.1, 0.15) is 0 Å². The SMILES string of the molecule is CCC(C)(CCO)NC(=O)Cc1ccccc1Cl. The number of aliphatic hydroxyl groups excluding tert-OH is 1.